The van der Waals surface area contributed by atoms with E-state index in [1.54, 1.807) is 33.0 Å². The van der Waals surface area contributed by atoms with E-state index in [0.717, 1.165) is 24.0 Å². The summed E-state index contributed by atoms with van der Waals surface area (Å²) < 4.78 is 10.7. The van der Waals surface area contributed by atoms with Crippen LogP contribution in [0.4, 0.5) is 0 Å². The molecule has 1 heterocycles. The third kappa shape index (κ3) is 3.89. The molecule has 138 valence electrons. The molecular formula is C19H28N2O4. The number of nitrogens with zero attached hydrogens (tertiary/aromatic N) is 1. The van der Waals surface area contributed by atoms with Gasteiger partial charge in [-0.2, -0.15) is 0 Å². The predicted octanol–water partition coefficient (Wildman–Crippen LogP) is 2.14. The Kier molecular flexibility index (Phi) is 5.93. The van der Waals surface area contributed by atoms with Gasteiger partial charge in [0.25, 0.3) is 0 Å². The molecule has 0 bridgehead atoms. The molecule has 6 nitrogen and oxygen atoms in total. The van der Waals surface area contributed by atoms with Crippen molar-refractivity contribution in [2.75, 3.05) is 27.3 Å². The van der Waals surface area contributed by atoms with Crippen molar-refractivity contribution < 1.29 is 19.1 Å². The van der Waals surface area contributed by atoms with Gasteiger partial charge in [-0.3, -0.25) is 9.59 Å². The Morgan fingerprint density at radius 3 is 2.32 bits per heavy atom. The topological polar surface area (TPSA) is 67.9 Å². The second-order valence-corrected chi connectivity index (χ2v) is 6.83. The summed E-state index contributed by atoms with van der Waals surface area (Å²) in [5.41, 5.74) is 1.10. The van der Waals surface area contributed by atoms with Crippen LogP contribution in [-0.4, -0.2) is 44.0 Å². The van der Waals surface area contributed by atoms with Gasteiger partial charge < -0.3 is 19.7 Å². The van der Waals surface area contributed by atoms with Crippen molar-refractivity contribution in [2.45, 2.75) is 40.2 Å². The van der Waals surface area contributed by atoms with Gasteiger partial charge in [0, 0.05) is 19.6 Å². The molecule has 1 aromatic carbocycles. The minimum atomic E-state index is -1.08. The van der Waals surface area contributed by atoms with Crippen LogP contribution in [0.2, 0.25) is 0 Å². The molecule has 1 aliphatic rings. The fourth-order valence-corrected chi connectivity index (χ4v) is 3.01. The molecule has 0 aromatic heterocycles. The van der Waals surface area contributed by atoms with Crippen LogP contribution in [0.15, 0.2) is 12.1 Å². The molecule has 0 spiro atoms. The van der Waals surface area contributed by atoms with E-state index < -0.39 is 5.41 Å². The minimum Gasteiger partial charge on any atom is -0.493 e. The van der Waals surface area contributed by atoms with Crippen LogP contribution in [0.5, 0.6) is 11.5 Å². The van der Waals surface area contributed by atoms with Crippen LogP contribution in [0.1, 0.15) is 38.3 Å². The highest BCUT2D eigenvalue weighted by Crippen LogP contribution is 2.34. The van der Waals surface area contributed by atoms with Crippen LogP contribution in [-0.2, 0) is 22.6 Å². The molecule has 1 aromatic rings. The zero-order chi connectivity index (χ0) is 18.6. The van der Waals surface area contributed by atoms with Crippen LogP contribution >= 0.6 is 0 Å². The van der Waals surface area contributed by atoms with Gasteiger partial charge in [-0.05, 0) is 49.9 Å². The maximum Gasteiger partial charge on any atom is 0.238 e. The van der Waals surface area contributed by atoms with E-state index in [9.17, 15) is 9.59 Å². The smallest absolute Gasteiger partial charge is 0.238 e. The van der Waals surface area contributed by atoms with Crippen molar-refractivity contribution in [1.29, 1.82) is 0 Å². The first-order valence-electron chi connectivity index (χ1n) is 8.66. The number of methoxy groups -OCH3 is 2. The number of carbonyl (C=O) groups is 2. The molecule has 0 aliphatic carbocycles. The summed E-state index contributed by atoms with van der Waals surface area (Å²) in [6.45, 7) is 6.99. The SMILES string of the molecule is CCCNC(=O)C(C)(C)C(=O)N1CCc2cc(OC)c(OC)cc2C1. The van der Waals surface area contributed by atoms with Gasteiger partial charge >= 0.3 is 0 Å². The molecular weight excluding hydrogens is 320 g/mol. The Labute approximate surface area is 149 Å². The number of carbonyl (C=O) groups excluding carboxylic acids is 2. The average Bonchev–Trinajstić information content (AvgIpc) is 2.63. The van der Waals surface area contributed by atoms with E-state index in [2.05, 4.69) is 5.32 Å². The van der Waals surface area contributed by atoms with Crippen molar-refractivity contribution in [3.63, 3.8) is 0 Å². The quantitative estimate of drug-likeness (QED) is 0.800. The van der Waals surface area contributed by atoms with Gasteiger partial charge in [0.1, 0.15) is 5.41 Å². The standard InChI is InChI=1S/C19H28N2O4/c1-6-8-20-17(22)19(2,3)18(23)21-9-7-13-10-15(24-4)16(25-5)11-14(13)12-21/h10-11H,6-9,12H2,1-5H3,(H,20,22). The van der Waals surface area contributed by atoms with Gasteiger partial charge in [-0.1, -0.05) is 6.92 Å². The second-order valence-electron chi connectivity index (χ2n) is 6.83. The third-order valence-corrected chi connectivity index (χ3v) is 4.64. The second kappa shape index (κ2) is 7.76. The highest BCUT2D eigenvalue weighted by molar-refractivity contribution is 6.04. The lowest BCUT2D eigenvalue weighted by atomic mass is 9.88. The van der Waals surface area contributed by atoms with Crippen LogP contribution in [0, 0.1) is 5.41 Å². The largest absolute Gasteiger partial charge is 0.493 e. The maximum absolute atomic E-state index is 12.9. The van der Waals surface area contributed by atoms with E-state index in [0.29, 0.717) is 31.1 Å². The summed E-state index contributed by atoms with van der Waals surface area (Å²) in [6, 6.07) is 3.88. The summed E-state index contributed by atoms with van der Waals surface area (Å²) in [5.74, 6) is 0.967. The number of benzene rings is 1. The number of ether oxygens (including phenoxy) is 2. The van der Waals surface area contributed by atoms with E-state index in [4.69, 9.17) is 9.47 Å². The molecule has 0 fully saturated rings. The fraction of sp³-hybridized carbons (Fsp3) is 0.579. The van der Waals surface area contributed by atoms with Crippen molar-refractivity contribution >= 4 is 11.8 Å². The number of hydrogen-bond acceptors (Lipinski definition) is 4. The highest BCUT2D eigenvalue weighted by atomic mass is 16.5. The van der Waals surface area contributed by atoms with Gasteiger partial charge in [-0.15, -0.1) is 0 Å². The van der Waals surface area contributed by atoms with Crippen LogP contribution < -0.4 is 14.8 Å². The Balaban J connectivity index is 2.18. The number of rotatable bonds is 6. The first kappa shape index (κ1) is 19.1. The molecule has 25 heavy (non-hydrogen) atoms. The summed E-state index contributed by atoms with van der Waals surface area (Å²) in [6.07, 6.45) is 1.57. The zero-order valence-electron chi connectivity index (χ0n) is 15.8. The summed E-state index contributed by atoms with van der Waals surface area (Å²) in [7, 11) is 3.21. The molecule has 0 saturated carbocycles. The first-order chi connectivity index (χ1) is 11.8. The Bertz CT molecular complexity index is 655. The van der Waals surface area contributed by atoms with E-state index >= 15 is 0 Å². The highest BCUT2D eigenvalue weighted by Gasteiger charge is 2.39. The van der Waals surface area contributed by atoms with Gasteiger partial charge in [-0.25, -0.2) is 0 Å². The summed E-state index contributed by atoms with van der Waals surface area (Å²) in [5, 5.41) is 2.82. The Morgan fingerprint density at radius 1 is 1.16 bits per heavy atom. The molecule has 6 heteroatoms. The third-order valence-electron chi connectivity index (χ3n) is 4.64. The Hall–Kier alpha value is -2.24. The van der Waals surface area contributed by atoms with Crippen LogP contribution in [0.3, 0.4) is 0 Å². The van der Waals surface area contributed by atoms with E-state index in [-0.39, 0.29) is 11.8 Å². The molecule has 0 unspecified atom stereocenters. The summed E-state index contributed by atoms with van der Waals surface area (Å²) in [4.78, 5) is 27.0. The predicted molar refractivity (Wildman–Crippen MR) is 95.7 cm³/mol. The molecule has 1 aliphatic heterocycles. The van der Waals surface area contributed by atoms with Crippen LogP contribution in [0.25, 0.3) is 0 Å². The number of amides is 2. The number of nitrogens with one attached hydrogen (secondary N) is 1. The molecule has 0 saturated heterocycles. The van der Waals surface area contributed by atoms with E-state index in [1.165, 1.54) is 0 Å². The number of fused-ring (bicyclic) bond motifs is 1. The average molecular weight is 348 g/mol. The maximum atomic E-state index is 12.9. The molecule has 1 N–H and O–H groups in total. The lowest BCUT2D eigenvalue weighted by Crippen LogP contribution is -2.50. The molecule has 0 radical (unpaired) electrons. The minimum absolute atomic E-state index is 0.151. The Morgan fingerprint density at radius 2 is 1.76 bits per heavy atom. The monoisotopic (exact) mass is 348 g/mol. The first-order valence-corrected chi connectivity index (χ1v) is 8.66. The van der Waals surface area contributed by atoms with Crippen molar-refractivity contribution in [3.05, 3.63) is 23.3 Å². The van der Waals surface area contributed by atoms with E-state index in [1.807, 2.05) is 19.1 Å². The van der Waals surface area contributed by atoms with Gasteiger partial charge in [0.2, 0.25) is 11.8 Å². The molecule has 0 atom stereocenters. The zero-order valence-corrected chi connectivity index (χ0v) is 15.8. The van der Waals surface area contributed by atoms with Gasteiger partial charge in [0.05, 0.1) is 14.2 Å². The normalized spacial score (nSPS) is 13.9. The fourth-order valence-electron chi connectivity index (χ4n) is 3.01. The summed E-state index contributed by atoms with van der Waals surface area (Å²) >= 11 is 0. The van der Waals surface area contributed by atoms with Crippen molar-refractivity contribution in [3.8, 4) is 11.5 Å². The van der Waals surface area contributed by atoms with Crippen molar-refractivity contribution in [1.82, 2.24) is 10.2 Å². The lowest BCUT2D eigenvalue weighted by molar-refractivity contribution is -0.149. The molecule has 2 rings (SSSR count). The lowest BCUT2D eigenvalue weighted by Gasteiger charge is -2.34. The van der Waals surface area contributed by atoms with Crippen molar-refractivity contribution in [2.24, 2.45) is 5.41 Å². The molecule has 2 amide bonds. The number of hydrogen-bond donors (Lipinski definition) is 1. The van der Waals surface area contributed by atoms with Gasteiger partial charge in [0.15, 0.2) is 11.5 Å².